The van der Waals surface area contributed by atoms with Gasteiger partial charge in [0.15, 0.2) is 0 Å². The number of hydrogen-bond donors (Lipinski definition) is 1. The molecule has 1 unspecified atom stereocenters. The van der Waals surface area contributed by atoms with E-state index in [1.165, 1.54) is 25.7 Å². The highest BCUT2D eigenvalue weighted by molar-refractivity contribution is 5.88. The molecular formula is C22H33N5. The van der Waals surface area contributed by atoms with Crippen molar-refractivity contribution in [2.75, 3.05) is 39.5 Å². The van der Waals surface area contributed by atoms with Crippen LogP contribution in [-0.4, -0.2) is 60.0 Å². The van der Waals surface area contributed by atoms with E-state index in [0.29, 0.717) is 0 Å². The quantitative estimate of drug-likeness (QED) is 0.722. The number of hydrogen-bond acceptors (Lipinski definition) is 5. The van der Waals surface area contributed by atoms with Crippen LogP contribution in [0, 0.1) is 11.8 Å². The van der Waals surface area contributed by atoms with E-state index in [1.807, 2.05) is 0 Å². The Balaban J connectivity index is 1.48. The van der Waals surface area contributed by atoms with Crippen LogP contribution in [0.2, 0.25) is 0 Å². The van der Waals surface area contributed by atoms with Gasteiger partial charge in [-0.05, 0) is 77.3 Å². The van der Waals surface area contributed by atoms with Crippen molar-refractivity contribution < 1.29 is 0 Å². The lowest BCUT2D eigenvalue weighted by Gasteiger charge is -2.31. The van der Waals surface area contributed by atoms with Crippen LogP contribution >= 0.6 is 0 Å². The van der Waals surface area contributed by atoms with Crippen LogP contribution in [0.25, 0.3) is 10.9 Å². The van der Waals surface area contributed by atoms with Gasteiger partial charge in [0.25, 0.3) is 0 Å². The van der Waals surface area contributed by atoms with Gasteiger partial charge in [-0.25, -0.2) is 9.97 Å². The summed E-state index contributed by atoms with van der Waals surface area (Å²) < 4.78 is 0. The first-order valence-corrected chi connectivity index (χ1v) is 10.4. The number of benzene rings is 1. The van der Waals surface area contributed by atoms with Crippen LogP contribution in [0.1, 0.15) is 37.9 Å². The third-order valence-corrected chi connectivity index (χ3v) is 6.38. The van der Waals surface area contributed by atoms with E-state index in [1.54, 1.807) is 0 Å². The monoisotopic (exact) mass is 367 g/mol. The maximum absolute atomic E-state index is 4.91. The first kappa shape index (κ1) is 18.6. The van der Waals surface area contributed by atoms with E-state index < -0.39 is 0 Å². The lowest BCUT2D eigenvalue weighted by molar-refractivity contribution is 0.166. The molecule has 2 aliphatic carbocycles. The zero-order valence-electron chi connectivity index (χ0n) is 17.0. The number of fused-ring (bicyclic) bond motifs is 3. The van der Waals surface area contributed by atoms with Crippen LogP contribution in [0.15, 0.2) is 24.3 Å². The standard InChI is InChI=1S/C22H33N5/c1-26(2)12-6-11-23-22-18-7-4-5-8-19(18)24-21(25-22)15-27(3)20-14-16-9-10-17(20)13-16/h4-5,7-8,16-17,20H,6,9-15H2,1-3H3,(H,23,24,25)/t16-,17+,20?/m1/s1. The molecule has 5 nitrogen and oxygen atoms in total. The maximum Gasteiger partial charge on any atom is 0.145 e. The van der Waals surface area contributed by atoms with Crippen LogP contribution < -0.4 is 5.32 Å². The number of para-hydroxylation sites is 1. The van der Waals surface area contributed by atoms with E-state index >= 15 is 0 Å². The lowest BCUT2D eigenvalue weighted by atomic mass is 9.94. The van der Waals surface area contributed by atoms with Crippen molar-refractivity contribution in [3.05, 3.63) is 30.1 Å². The Morgan fingerprint density at radius 2 is 1.93 bits per heavy atom. The van der Waals surface area contributed by atoms with E-state index in [4.69, 9.17) is 9.97 Å². The number of nitrogens with one attached hydrogen (secondary N) is 1. The zero-order chi connectivity index (χ0) is 18.8. The minimum atomic E-state index is 0.718. The van der Waals surface area contributed by atoms with Crippen LogP contribution in [-0.2, 0) is 6.54 Å². The molecule has 0 amide bonds. The van der Waals surface area contributed by atoms with Crippen molar-refractivity contribution >= 4 is 16.7 Å². The van der Waals surface area contributed by atoms with Crippen molar-refractivity contribution in [2.45, 2.75) is 44.7 Å². The maximum atomic E-state index is 4.91. The van der Waals surface area contributed by atoms with Gasteiger partial charge >= 0.3 is 0 Å². The lowest BCUT2D eigenvalue weighted by Crippen LogP contribution is -2.36. The summed E-state index contributed by atoms with van der Waals surface area (Å²) in [5, 5.41) is 4.68. The normalized spacial score (nSPS) is 24.4. The summed E-state index contributed by atoms with van der Waals surface area (Å²) in [5.74, 6) is 3.78. The van der Waals surface area contributed by atoms with Crippen molar-refractivity contribution in [3.8, 4) is 0 Å². The van der Waals surface area contributed by atoms with Crippen molar-refractivity contribution in [1.82, 2.24) is 19.8 Å². The molecule has 1 heterocycles. The average Bonchev–Trinajstić information content (AvgIpc) is 3.28. The number of nitrogens with zero attached hydrogens (tertiary/aromatic N) is 4. The van der Waals surface area contributed by atoms with Gasteiger partial charge in [0.05, 0.1) is 12.1 Å². The molecule has 27 heavy (non-hydrogen) atoms. The third-order valence-electron chi connectivity index (χ3n) is 6.38. The van der Waals surface area contributed by atoms with Crippen LogP contribution in [0.4, 0.5) is 5.82 Å². The number of aromatic nitrogens is 2. The van der Waals surface area contributed by atoms with Gasteiger partial charge in [0, 0.05) is 18.0 Å². The molecule has 1 aromatic heterocycles. The van der Waals surface area contributed by atoms with E-state index in [9.17, 15) is 0 Å². The number of rotatable bonds is 8. The second kappa shape index (κ2) is 8.11. The molecule has 3 atom stereocenters. The van der Waals surface area contributed by atoms with Crippen molar-refractivity contribution in [3.63, 3.8) is 0 Å². The van der Waals surface area contributed by atoms with Crippen LogP contribution in [0.3, 0.4) is 0 Å². The SMILES string of the molecule is CN(C)CCCNc1nc(CN(C)C2C[C@@H]3CC[C@H]2C3)nc2ccccc12. The van der Waals surface area contributed by atoms with Gasteiger partial charge < -0.3 is 10.2 Å². The van der Waals surface area contributed by atoms with Gasteiger partial charge in [-0.15, -0.1) is 0 Å². The Bertz CT molecular complexity index is 774. The summed E-state index contributed by atoms with van der Waals surface area (Å²) >= 11 is 0. The molecule has 0 spiro atoms. The summed E-state index contributed by atoms with van der Waals surface area (Å²) in [4.78, 5) is 14.5. The second-order valence-corrected chi connectivity index (χ2v) is 8.75. The molecule has 146 valence electrons. The molecule has 0 saturated heterocycles. The molecule has 1 aromatic carbocycles. The van der Waals surface area contributed by atoms with Gasteiger partial charge in [-0.2, -0.15) is 0 Å². The summed E-state index contributed by atoms with van der Waals surface area (Å²) in [7, 11) is 6.49. The molecule has 2 aromatic rings. The Kier molecular flexibility index (Phi) is 5.60. The molecule has 4 rings (SSSR count). The fourth-order valence-electron chi connectivity index (χ4n) is 5.02. The minimum Gasteiger partial charge on any atom is -0.369 e. The summed E-state index contributed by atoms with van der Waals surface area (Å²) in [5.41, 5.74) is 1.04. The number of anilines is 1. The topological polar surface area (TPSA) is 44.3 Å². The van der Waals surface area contributed by atoms with E-state index in [0.717, 1.165) is 66.5 Å². The molecule has 2 bridgehead atoms. The van der Waals surface area contributed by atoms with E-state index in [-0.39, 0.29) is 0 Å². The molecule has 2 fully saturated rings. The highest BCUT2D eigenvalue weighted by Gasteiger charge is 2.41. The average molecular weight is 368 g/mol. The fraction of sp³-hybridized carbons (Fsp3) is 0.636. The highest BCUT2D eigenvalue weighted by atomic mass is 15.2. The minimum absolute atomic E-state index is 0.718. The molecule has 2 saturated carbocycles. The van der Waals surface area contributed by atoms with Crippen LogP contribution in [0.5, 0.6) is 0 Å². The smallest absolute Gasteiger partial charge is 0.145 e. The molecular weight excluding hydrogens is 334 g/mol. The first-order valence-electron chi connectivity index (χ1n) is 10.4. The van der Waals surface area contributed by atoms with Crippen molar-refractivity contribution in [1.29, 1.82) is 0 Å². The Morgan fingerprint density at radius 3 is 2.67 bits per heavy atom. The predicted molar refractivity (Wildman–Crippen MR) is 112 cm³/mol. The molecule has 1 N–H and O–H groups in total. The predicted octanol–water partition coefficient (Wildman–Crippen LogP) is 3.61. The fourth-order valence-corrected chi connectivity index (χ4v) is 5.02. The Morgan fingerprint density at radius 1 is 1.07 bits per heavy atom. The summed E-state index contributed by atoms with van der Waals surface area (Å²) in [6.45, 7) is 2.85. The van der Waals surface area contributed by atoms with E-state index in [2.05, 4.69) is 60.5 Å². The van der Waals surface area contributed by atoms with Gasteiger partial charge in [-0.1, -0.05) is 18.6 Å². The molecule has 0 radical (unpaired) electrons. The summed E-state index contributed by atoms with van der Waals surface area (Å²) in [6.07, 6.45) is 6.77. The molecule has 5 heteroatoms. The second-order valence-electron chi connectivity index (χ2n) is 8.75. The van der Waals surface area contributed by atoms with Crippen molar-refractivity contribution in [2.24, 2.45) is 11.8 Å². The molecule has 0 aliphatic heterocycles. The Labute approximate surface area is 163 Å². The first-order chi connectivity index (χ1) is 13.1. The Hall–Kier alpha value is -1.72. The van der Waals surface area contributed by atoms with Gasteiger partial charge in [-0.3, -0.25) is 4.90 Å². The zero-order valence-corrected chi connectivity index (χ0v) is 17.0. The third kappa shape index (κ3) is 4.25. The summed E-state index contributed by atoms with van der Waals surface area (Å²) in [6, 6.07) is 9.07. The highest BCUT2D eigenvalue weighted by Crippen LogP contribution is 2.46. The van der Waals surface area contributed by atoms with Gasteiger partial charge in [0.1, 0.15) is 11.6 Å². The molecule has 2 aliphatic rings. The van der Waals surface area contributed by atoms with Gasteiger partial charge in [0.2, 0.25) is 0 Å². The largest absolute Gasteiger partial charge is 0.369 e.